The number of rotatable bonds is 11. The molecule has 0 amide bonds. The molecular formula is C25H33N5S. The molecule has 2 rings (SSSR count). The van der Waals surface area contributed by atoms with Crippen LogP contribution in [0.1, 0.15) is 74.4 Å². The lowest BCUT2D eigenvalue weighted by Crippen LogP contribution is -2.23. The Kier molecular flexibility index (Phi) is 9.69. The molecule has 0 aliphatic rings. The van der Waals surface area contributed by atoms with Gasteiger partial charge in [0.05, 0.1) is 11.3 Å². The van der Waals surface area contributed by atoms with Crippen LogP contribution in [0.4, 0.5) is 16.4 Å². The highest BCUT2D eigenvalue weighted by Crippen LogP contribution is 2.36. The SMILES string of the molecule is CCC(C)CCCCCN(CC)c1ccc(N=Nc2sc(C#N)c(C)c2C#N)c(C)c1. The zero-order valence-corrected chi connectivity index (χ0v) is 20.2. The van der Waals surface area contributed by atoms with Crippen molar-refractivity contribution in [2.75, 3.05) is 18.0 Å². The van der Waals surface area contributed by atoms with Crippen LogP contribution in [0.3, 0.4) is 0 Å². The van der Waals surface area contributed by atoms with Gasteiger partial charge in [-0.2, -0.15) is 10.5 Å². The normalized spacial score (nSPS) is 12.0. The van der Waals surface area contributed by atoms with Gasteiger partial charge in [0, 0.05) is 18.8 Å². The van der Waals surface area contributed by atoms with Crippen LogP contribution in [-0.4, -0.2) is 13.1 Å². The summed E-state index contributed by atoms with van der Waals surface area (Å²) in [4.78, 5) is 2.92. The quantitative estimate of drug-likeness (QED) is 0.265. The Bertz CT molecular complexity index is 977. The number of nitriles is 2. The molecule has 1 unspecified atom stereocenters. The lowest BCUT2D eigenvalue weighted by Gasteiger charge is -2.24. The summed E-state index contributed by atoms with van der Waals surface area (Å²) in [5, 5.41) is 27.7. The molecule has 0 radical (unpaired) electrons. The van der Waals surface area contributed by atoms with E-state index in [9.17, 15) is 10.5 Å². The maximum absolute atomic E-state index is 9.37. The van der Waals surface area contributed by atoms with Gasteiger partial charge in [-0.1, -0.05) is 39.5 Å². The van der Waals surface area contributed by atoms with E-state index in [4.69, 9.17) is 0 Å². The third-order valence-corrected chi connectivity index (χ3v) is 6.92. The maximum Gasteiger partial charge on any atom is 0.158 e. The van der Waals surface area contributed by atoms with Gasteiger partial charge < -0.3 is 4.90 Å². The van der Waals surface area contributed by atoms with E-state index in [-0.39, 0.29) is 0 Å². The number of azo groups is 1. The van der Waals surface area contributed by atoms with Crippen LogP contribution in [0.15, 0.2) is 28.4 Å². The Balaban J connectivity index is 2.05. The van der Waals surface area contributed by atoms with Crippen LogP contribution in [0.5, 0.6) is 0 Å². The van der Waals surface area contributed by atoms with Crippen molar-refractivity contribution in [2.24, 2.45) is 16.1 Å². The minimum atomic E-state index is 0.435. The van der Waals surface area contributed by atoms with Crippen LogP contribution in [0.2, 0.25) is 0 Å². The van der Waals surface area contributed by atoms with Gasteiger partial charge in [-0.15, -0.1) is 21.6 Å². The molecule has 0 bridgehead atoms. The summed E-state index contributed by atoms with van der Waals surface area (Å²) < 4.78 is 0. The Morgan fingerprint density at radius 1 is 1.06 bits per heavy atom. The van der Waals surface area contributed by atoms with E-state index in [1.807, 2.05) is 13.0 Å². The average molecular weight is 436 g/mol. The largest absolute Gasteiger partial charge is 0.372 e. The van der Waals surface area contributed by atoms with Crippen LogP contribution in [0.25, 0.3) is 0 Å². The summed E-state index contributed by atoms with van der Waals surface area (Å²) in [6, 6.07) is 10.5. The van der Waals surface area contributed by atoms with E-state index >= 15 is 0 Å². The van der Waals surface area contributed by atoms with Gasteiger partial charge in [0.15, 0.2) is 5.00 Å². The average Bonchev–Trinajstić information content (AvgIpc) is 3.09. The lowest BCUT2D eigenvalue weighted by molar-refractivity contribution is 0.478. The standard InChI is InChI=1S/C25H33N5S/c1-6-18(3)11-9-8-10-14-30(7-2)21-12-13-23(19(4)15-21)28-29-25-22(16-26)20(5)24(17-27)31-25/h12-13,15,18H,6-11,14H2,1-5H3. The molecule has 0 spiro atoms. The van der Waals surface area contributed by atoms with Gasteiger partial charge in [-0.25, -0.2) is 0 Å². The van der Waals surface area contributed by atoms with Crippen molar-refractivity contribution in [3.63, 3.8) is 0 Å². The molecule has 1 atom stereocenters. The number of nitrogens with zero attached hydrogens (tertiary/aromatic N) is 5. The van der Waals surface area contributed by atoms with E-state index in [1.165, 1.54) is 49.1 Å². The first kappa shape index (κ1) is 24.6. The van der Waals surface area contributed by atoms with E-state index in [0.29, 0.717) is 21.0 Å². The molecule has 0 aliphatic heterocycles. The van der Waals surface area contributed by atoms with E-state index in [2.05, 4.69) is 60.2 Å². The van der Waals surface area contributed by atoms with E-state index in [0.717, 1.165) is 30.3 Å². The fourth-order valence-corrected chi connectivity index (χ4v) is 4.38. The van der Waals surface area contributed by atoms with Crippen LogP contribution in [-0.2, 0) is 0 Å². The Hall–Kier alpha value is -2.70. The number of unbranched alkanes of at least 4 members (excludes halogenated alkanes) is 2. The van der Waals surface area contributed by atoms with Gasteiger partial charge in [0.25, 0.3) is 0 Å². The second-order valence-corrected chi connectivity index (χ2v) is 9.07. The highest BCUT2D eigenvalue weighted by atomic mass is 32.1. The highest BCUT2D eigenvalue weighted by Gasteiger charge is 2.14. The van der Waals surface area contributed by atoms with Crippen molar-refractivity contribution in [3.05, 3.63) is 39.8 Å². The zero-order chi connectivity index (χ0) is 22.8. The van der Waals surface area contributed by atoms with Crippen molar-refractivity contribution in [1.82, 2.24) is 0 Å². The molecule has 2 aromatic rings. The van der Waals surface area contributed by atoms with Crippen LogP contribution >= 0.6 is 11.3 Å². The fraction of sp³-hybridized carbons (Fsp3) is 0.520. The van der Waals surface area contributed by atoms with E-state index < -0.39 is 0 Å². The Labute approximate surface area is 191 Å². The molecule has 0 fully saturated rings. The zero-order valence-electron chi connectivity index (χ0n) is 19.4. The molecule has 164 valence electrons. The summed E-state index contributed by atoms with van der Waals surface area (Å²) in [5.74, 6) is 0.834. The van der Waals surface area contributed by atoms with Gasteiger partial charge in [0.2, 0.25) is 0 Å². The smallest absolute Gasteiger partial charge is 0.158 e. The molecule has 31 heavy (non-hydrogen) atoms. The number of anilines is 1. The first-order valence-corrected chi connectivity index (χ1v) is 12.0. The van der Waals surface area contributed by atoms with Crippen LogP contribution < -0.4 is 4.90 Å². The molecule has 1 aromatic carbocycles. The monoisotopic (exact) mass is 435 g/mol. The molecule has 6 heteroatoms. The first-order valence-electron chi connectivity index (χ1n) is 11.2. The molecule has 0 aliphatic carbocycles. The minimum absolute atomic E-state index is 0.435. The van der Waals surface area contributed by atoms with Crippen molar-refractivity contribution >= 4 is 27.7 Å². The van der Waals surface area contributed by atoms with Crippen molar-refractivity contribution in [3.8, 4) is 12.1 Å². The topological polar surface area (TPSA) is 75.5 Å². The summed E-state index contributed by atoms with van der Waals surface area (Å²) in [7, 11) is 0. The molecule has 1 heterocycles. The second-order valence-electron chi connectivity index (χ2n) is 8.07. The molecule has 1 aromatic heterocycles. The number of benzene rings is 1. The first-order chi connectivity index (χ1) is 14.9. The van der Waals surface area contributed by atoms with Crippen LogP contribution in [0, 0.1) is 42.4 Å². The van der Waals surface area contributed by atoms with Crippen molar-refractivity contribution < 1.29 is 0 Å². The lowest BCUT2D eigenvalue weighted by atomic mass is 10.0. The third kappa shape index (κ3) is 6.64. The predicted molar refractivity (Wildman–Crippen MR) is 130 cm³/mol. The Morgan fingerprint density at radius 3 is 2.45 bits per heavy atom. The highest BCUT2D eigenvalue weighted by molar-refractivity contribution is 7.16. The van der Waals surface area contributed by atoms with Gasteiger partial charge in [-0.05, 0) is 62.4 Å². The summed E-state index contributed by atoms with van der Waals surface area (Å²) >= 11 is 1.21. The number of thiophene rings is 1. The molecule has 0 saturated heterocycles. The van der Waals surface area contributed by atoms with Crippen molar-refractivity contribution in [2.45, 2.75) is 66.7 Å². The summed E-state index contributed by atoms with van der Waals surface area (Å²) in [5.41, 5.74) is 4.15. The third-order valence-electron chi connectivity index (χ3n) is 5.84. The fourth-order valence-electron chi connectivity index (χ4n) is 3.50. The molecular weight excluding hydrogens is 402 g/mol. The second kappa shape index (κ2) is 12.2. The molecule has 0 saturated carbocycles. The van der Waals surface area contributed by atoms with Gasteiger partial charge in [0.1, 0.15) is 17.0 Å². The minimum Gasteiger partial charge on any atom is -0.372 e. The maximum atomic E-state index is 9.37. The predicted octanol–water partition coefficient (Wildman–Crippen LogP) is 7.96. The molecule has 5 nitrogen and oxygen atoms in total. The number of aryl methyl sites for hydroxylation is 1. The molecule has 0 N–H and O–H groups in total. The Morgan fingerprint density at radius 2 is 1.84 bits per heavy atom. The van der Waals surface area contributed by atoms with Gasteiger partial charge >= 0.3 is 0 Å². The summed E-state index contributed by atoms with van der Waals surface area (Å²) in [6.45, 7) is 12.6. The van der Waals surface area contributed by atoms with E-state index in [1.54, 1.807) is 6.92 Å². The van der Waals surface area contributed by atoms with Crippen molar-refractivity contribution in [1.29, 1.82) is 10.5 Å². The summed E-state index contributed by atoms with van der Waals surface area (Å²) in [6.07, 6.45) is 6.40. The number of hydrogen-bond donors (Lipinski definition) is 0. The number of hydrogen-bond acceptors (Lipinski definition) is 6. The van der Waals surface area contributed by atoms with Gasteiger partial charge in [-0.3, -0.25) is 0 Å².